The minimum atomic E-state index is -0.537. The number of fused-ring (bicyclic) bond motifs is 1. The quantitative estimate of drug-likeness (QED) is 0.700. The van der Waals surface area contributed by atoms with Crippen molar-refractivity contribution in [2.45, 2.75) is 31.2 Å². The van der Waals surface area contributed by atoms with Crippen molar-refractivity contribution in [3.05, 3.63) is 36.2 Å². The Kier molecular flexibility index (Phi) is 5.08. The molecule has 1 atom stereocenters. The number of anilines is 1. The van der Waals surface area contributed by atoms with Gasteiger partial charge in [0.25, 0.3) is 0 Å². The topological polar surface area (TPSA) is 94.0 Å². The Hall–Kier alpha value is -3.02. The molecule has 0 radical (unpaired) electrons. The number of H-pyrrole nitrogens is 1. The molecule has 3 aromatic heterocycles. The third kappa shape index (κ3) is 3.44. The van der Waals surface area contributed by atoms with Crippen molar-refractivity contribution < 1.29 is 4.74 Å². The molecule has 2 aliphatic rings. The fraction of sp³-hybridized carbons (Fsp3) is 0.478. The van der Waals surface area contributed by atoms with E-state index in [9.17, 15) is 5.26 Å². The predicted molar refractivity (Wildman–Crippen MR) is 119 cm³/mol. The number of pyridine rings is 2. The van der Waals surface area contributed by atoms with Crippen LogP contribution in [0.25, 0.3) is 22.3 Å². The molecule has 0 aliphatic carbocycles. The maximum Gasteiger partial charge on any atom is 0.130 e. The van der Waals surface area contributed by atoms with Gasteiger partial charge in [-0.25, -0.2) is 4.98 Å². The van der Waals surface area contributed by atoms with Gasteiger partial charge in [0, 0.05) is 24.3 Å². The van der Waals surface area contributed by atoms with Gasteiger partial charge in [-0.3, -0.25) is 10.1 Å². The molecule has 0 bridgehead atoms. The monoisotopic (exact) mass is 417 g/mol. The largest absolute Gasteiger partial charge is 0.377 e. The molecule has 0 amide bonds. The summed E-state index contributed by atoms with van der Waals surface area (Å²) in [6, 6.07) is 8.98. The molecule has 0 spiro atoms. The van der Waals surface area contributed by atoms with Crippen LogP contribution in [0.1, 0.15) is 25.3 Å². The summed E-state index contributed by atoms with van der Waals surface area (Å²) in [5.41, 5.74) is 2.92. The smallest absolute Gasteiger partial charge is 0.130 e. The van der Waals surface area contributed by atoms with Crippen molar-refractivity contribution in [1.82, 2.24) is 25.1 Å². The normalized spacial score (nSPS) is 21.8. The predicted octanol–water partition coefficient (Wildman–Crippen LogP) is 2.73. The van der Waals surface area contributed by atoms with Crippen LogP contribution in [0.2, 0.25) is 0 Å². The van der Waals surface area contributed by atoms with E-state index in [1.54, 1.807) is 12.4 Å². The number of aromatic amines is 1. The summed E-state index contributed by atoms with van der Waals surface area (Å²) in [4.78, 5) is 14.3. The van der Waals surface area contributed by atoms with Crippen LogP contribution in [-0.2, 0) is 10.2 Å². The molecule has 1 N–H and O–H groups in total. The van der Waals surface area contributed by atoms with E-state index in [4.69, 9.17) is 9.72 Å². The molecule has 2 fully saturated rings. The Morgan fingerprint density at radius 2 is 2.06 bits per heavy atom. The van der Waals surface area contributed by atoms with Crippen LogP contribution in [0.5, 0.6) is 0 Å². The van der Waals surface area contributed by atoms with Gasteiger partial charge in [-0.2, -0.15) is 10.4 Å². The lowest BCUT2D eigenvalue weighted by molar-refractivity contribution is 0.0985. The number of hydrogen-bond acceptors (Lipinski definition) is 7. The number of nitrogens with one attached hydrogen (secondary N) is 1. The Morgan fingerprint density at radius 3 is 2.77 bits per heavy atom. The van der Waals surface area contributed by atoms with E-state index < -0.39 is 5.41 Å². The molecule has 5 rings (SSSR count). The van der Waals surface area contributed by atoms with Crippen LogP contribution in [-0.4, -0.2) is 71.0 Å². The van der Waals surface area contributed by atoms with Gasteiger partial charge in [0.15, 0.2) is 0 Å². The lowest BCUT2D eigenvalue weighted by Gasteiger charge is -2.38. The van der Waals surface area contributed by atoms with E-state index in [1.807, 2.05) is 12.1 Å². The number of nitrogens with zero attached hydrogens (tertiary/aromatic N) is 6. The summed E-state index contributed by atoms with van der Waals surface area (Å²) in [7, 11) is 2.12. The fourth-order valence-corrected chi connectivity index (χ4v) is 4.78. The van der Waals surface area contributed by atoms with E-state index in [2.05, 4.69) is 51.1 Å². The van der Waals surface area contributed by atoms with Crippen molar-refractivity contribution >= 4 is 16.7 Å². The molecule has 8 nitrogen and oxygen atoms in total. The Morgan fingerprint density at radius 1 is 1.23 bits per heavy atom. The zero-order chi connectivity index (χ0) is 21.4. The van der Waals surface area contributed by atoms with Crippen LogP contribution in [0.15, 0.2) is 30.6 Å². The molecule has 2 aliphatic heterocycles. The van der Waals surface area contributed by atoms with Crippen LogP contribution >= 0.6 is 0 Å². The third-order valence-electron chi connectivity index (χ3n) is 6.70. The van der Waals surface area contributed by atoms with E-state index >= 15 is 0 Å². The third-order valence-corrected chi connectivity index (χ3v) is 6.70. The second kappa shape index (κ2) is 7.91. The van der Waals surface area contributed by atoms with Gasteiger partial charge in [-0.15, -0.1) is 0 Å². The standard InChI is InChI=1S/C23H27N7O/c1-16-14-31-12-11-30(16)20-13-18(23(15-24)5-9-29(2)10-6-23)17-3-7-25-22(21(17)27-20)19-4-8-26-28-19/h3-4,7-8,13,16H,5-6,9-12,14H2,1-2H3,(H,26,28)/t16-/m1/s1. The Bertz CT molecular complexity index is 1110. The van der Waals surface area contributed by atoms with E-state index in [0.717, 1.165) is 66.1 Å². The first kappa shape index (κ1) is 19.9. The number of nitriles is 1. The summed E-state index contributed by atoms with van der Waals surface area (Å²) in [6.45, 7) is 6.08. The van der Waals surface area contributed by atoms with Gasteiger partial charge < -0.3 is 14.5 Å². The van der Waals surface area contributed by atoms with Gasteiger partial charge in [0.05, 0.1) is 36.4 Å². The molecule has 2 saturated heterocycles. The minimum Gasteiger partial charge on any atom is -0.377 e. The van der Waals surface area contributed by atoms with Gasteiger partial charge in [0.1, 0.15) is 17.0 Å². The van der Waals surface area contributed by atoms with Gasteiger partial charge in [0.2, 0.25) is 0 Å². The van der Waals surface area contributed by atoms with Crippen molar-refractivity contribution in [1.29, 1.82) is 5.26 Å². The van der Waals surface area contributed by atoms with E-state index in [0.29, 0.717) is 13.2 Å². The van der Waals surface area contributed by atoms with Crippen LogP contribution in [0.3, 0.4) is 0 Å². The molecule has 31 heavy (non-hydrogen) atoms. The first-order valence-electron chi connectivity index (χ1n) is 10.9. The summed E-state index contributed by atoms with van der Waals surface area (Å²) in [6.07, 6.45) is 5.14. The van der Waals surface area contributed by atoms with Gasteiger partial charge >= 0.3 is 0 Å². The number of morpholine rings is 1. The summed E-state index contributed by atoms with van der Waals surface area (Å²) in [5.74, 6) is 0.889. The fourth-order valence-electron chi connectivity index (χ4n) is 4.78. The molecular weight excluding hydrogens is 390 g/mol. The molecule has 0 saturated carbocycles. The Balaban J connectivity index is 1.75. The lowest BCUT2D eigenvalue weighted by atomic mass is 9.73. The molecular formula is C23H27N7O. The second-order valence-electron chi connectivity index (χ2n) is 8.67. The molecule has 8 heteroatoms. The summed E-state index contributed by atoms with van der Waals surface area (Å²) < 4.78 is 5.65. The molecule has 160 valence electrons. The number of hydrogen-bond donors (Lipinski definition) is 1. The first-order chi connectivity index (χ1) is 15.1. The van der Waals surface area contributed by atoms with E-state index in [1.165, 1.54) is 0 Å². The highest BCUT2D eigenvalue weighted by Crippen LogP contribution is 2.41. The molecule has 5 heterocycles. The maximum atomic E-state index is 10.4. The zero-order valence-electron chi connectivity index (χ0n) is 18.0. The average molecular weight is 418 g/mol. The van der Waals surface area contributed by atoms with Crippen molar-refractivity contribution in [2.24, 2.45) is 0 Å². The van der Waals surface area contributed by atoms with Crippen molar-refractivity contribution in [2.75, 3.05) is 44.8 Å². The number of likely N-dealkylation sites (tertiary alicyclic amines) is 1. The van der Waals surface area contributed by atoms with E-state index in [-0.39, 0.29) is 6.04 Å². The average Bonchev–Trinajstić information content (AvgIpc) is 3.34. The molecule has 3 aromatic rings. The number of piperidine rings is 1. The van der Waals surface area contributed by atoms with Crippen LogP contribution in [0, 0.1) is 11.3 Å². The van der Waals surface area contributed by atoms with Crippen LogP contribution < -0.4 is 4.90 Å². The number of ether oxygens (including phenoxy) is 1. The number of aromatic nitrogens is 4. The minimum absolute atomic E-state index is 0.217. The highest BCUT2D eigenvalue weighted by Gasteiger charge is 2.38. The zero-order valence-corrected chi connectivity index (χ0v) is 18.0. The maximum absolute atomic E-state index is 10.4. The highest BCUT2D eigenvalue weighted by molar-refractivity contribution is 5.94. The highest BCUT2D eigenvalue weighted by atomic mass is 16.5. The molecule has 0 aromatic carbocycles. The summed E-state index contributed by atoms with van der Waals surface area (Å²) in [5, 5.41) is 18.5. The number of rotatable bonds is 3. The van der Waals surface area contributed by atoms with Gasteiger partial charge in [-0.1, -0.05) is 0 Å². The summed E-state index contributed by atoms with van der Waals surface area (Å²) >= 11 is 0. The lowest BCUT2D eigenvalue weighted by Crippen LogP contribution is -2.44. The molecule has 0 unspecified atom stereocenters. The van der Waals surface area contributed by atoms with Crippen molar-refractivity contribution in [3.8, 4) is 17.5 Å². The van der Waals surface area contributed by atoms with Crippen molar-refractivity contribution in [3.63, 3.8) is 0 Å². The first-order valence-corrected chi connectivity index (χ1v) is 10.9. The van der Waals surface area contributed by atoms with Crippen LogP contribution in [0.4, 0.5) is 5.82 Å². The van der Waals surface area contributed by atoms with Gasteiger partial charge in [-0.05, 0) is 63.7 Å². The SMILES string of the molecule is C[C@@H]1COCCN1c1cc(C2(C#N)CCN(C)CC2)c2ccnc(-c3ccn[nH]3)c2n1. The second-order valence-corrected chi connectivity index (χ2v) is 8.67. The Labute approximate surface area is 181 Å².